The number of thioether (sulfide) groups is 2. The Bertz CT molecular complexity index is 2700. The van der Waals surface area contributed by atoms with E-state index in [-0.39, 0.29) is 10.7 Å². The molecule has 0 amide bonds. The Labute approximate surface area is 376 Å². The summed E-state index contributed by atoms with van der Waals surface area (Å²) in [6.07, 6.45) is 0. The van der Waals surface area contributed by atoms with Crippen molar-refractivity contribution in [1.29, 1.82) is 0 Å². The first-order chi connectivity index (χ1) is 30.6. The first kappa shape index (κ1) is 38.8. The number of ether oxygens (including phenoxy) is 2. The highest BCUT2D eigenvalue weighted by Crippen LogP contribution is 2.54. The quantitative estimate of drug-likeness (QED) is 0.119. The first-order valence-corrected chi connectivity index (χ1v) is 23.8. The molecule has 2 unspecified atom stereocenters. The molecule has 10 nitrogen and oxygen atoms in total. The molecule has 0 radical (unpaired) electrons. The van der Waals surface area contributed by atoms with Crippen LogP contribution in [0.5, 0.6) is 11.5 Å². The minimum absolute atomic E-state index is 0.0518. The molecule has 0 spiro atoms. The Morgan fingerprint density at radius 3 is 1.29 bits per heavy atom. The van der Waals surface area contributed by atoms with Gasteiger partial charge in [-0.15, -0.1) is 0 Å². The summed E-state index contributed by atoms with van der Waals surface area (Å²) in [5.41, 5.74) is 6.51. The number of fused-ring (bicyclic) bond motifs is 4. The van der Waals surface area contributed by atoms with E-state index in [1.54, 1.807) is 36.9 Å². The third-order valence-electron chi connectivity index (χ3n) is 11.2. The van der Waals surface area contributed by atoms with Gasteiger partial charge in [0.2, 0.25) is 22.2 Å². The van der Waals surface area contributed by atoms with Gasteiger partial charge in [-0.05, 0) is 83.9 Å². The van der Waals surface area contributed by atoms with Gasteiger partial charge in [-0.2, -0.15) is 9.98 Å². The van der Waals surface area contributed by atoms with E-state index in [0.29, 0.717) is 26.2 Å². The van der Waals surface area contributed by atoms with Crippen molar-refractivity contribution in [2.45, 2.75) is 20.5 Å². The summed E-state index contributed by atoms with van der Waals surface area (Å²) in [6, 6.07) is 50.7. The molecule has 62 heavy (non-hydrogen) atoms. The molecule has 0 bridgehead atoms. The molecule has 3 aliphatic heterocycles. The zero-order valence-corrected chi connectivity index (χ0v) is 37.1. The van der Waals surface area contributed by atoms with Crippen molar-refractivity contribution in [2.75, 3.05) is 50.2 Å². The third-order valence-corrected chi connectivity index (χ3v) is 15.7. The molecular weight excluding hydrogens is 849 g/mol. The van der Waals surface area contributed by atoms with Gasteiger partial charge < -0.3 is 19.3 Å². The topological polar surface area (TPSA) is 81.9 Å². The van der Waals surface area contributed by atoms with E-state index in [1.165, 1.54) is 20.9 Å². The molecular formula is C48H40N8O2S4. The zero-order chi connectivity index (χ0) is 41.6. The predicted octanol–water partition coefficient (Wildman–Crippen LogP) is 11.8. The molecule has 5 heterocycles. The van der Waals surface area contributed by atoms with Crippen LogP contribution >= 0.6 is 46.2 Å². The predicted molar refractivity (Wildman–Crippen MR) is 258 cm³/mol. The number of benzene rings is 6. The van der Waals surface area contributed by atoms with Gasteiger partial charge >= 0.3 is 0 Å². The van der Waals surface area contributed by atoms with Crippen molar-refractivity contribution in [1.82, 2.24) is 19.8 Å². The van der Waals surface area contributed by atoms with Gasteiger partial charge in [0.05, 0.1) is 46.0 Å². The third kappa shape index (κ3) is 7.30. The van der Waals surface area contributed by atoms with Crippen LogP contribution in [0.1, 0.15) is 21.9 Å². The highest BCUT2D eigenvalue weighted by atomic mass is 32.2. The molecule has 0 N–H and O–H groups in total. The highest BCUT2D eigenvalue weighted by Gasteiger charge is 2.41. The van der Waals surface area contributed by atoms with E-state index >= 15 is 0 Å². The molecule has 1 fully saturated rings. The maximum absolute atomic E-state index is 5.56. The van der Waals surface area contributed by atoms with Crippen molar-refractivity contribution < 1.29 is 9.47 Å². The van der Waals surface area contributed by atoms with E-state index in [4.69, 9.17) is 29.4 Å². The normalized spacial score (nSPS) is 17.8. The van der Waals surface area contributed by atoms with Gasteiger partial charge in [0, 0.05) is 36.0 Å². The first-order valence-electron chi connectivity index (χ1n) is 20.4. The summed E-state index contributed by atoms with van der Waals surface area (Å²) in [5.74, 6) is 3.42. The smallest absolute Gasteiger partial charge is 0.213 e. The van der Waals surface area contributed by atoms with Gasteiger partial charge in [0.15, 0.2) is 0 Å². The molecule has 3 aliphatic rings. The number of nitrogens with zero attached hydrogens (tertiary/aromatic N) is 8. The van der Waals surface area contributed by atoms with E-state index < -0.39 is 0 Å². The van der Waals surface area contributed by atoms with Gasteiger partial charge in [-0.1, -0.05) is 119 Å². The standard InChI is InChI=1S/C48H40N8O2S4/c1-57-33-23-19-31(20-24-33)43-55(37-13-5-9-17-41(37)59-43)47(51-45-49-35-11-3-7-15-39(35)61-45)53-27-29-54(30-28-53)48(52-46-50-36-12-4-8-16-40(36)62-46)56-38-14-6-10-18-42(38)60-44(56)32-21-25-34(58-2)26-22-32/h3-26,43-44H,27-30H2,1-2H3/b51-47-,52-48+. The Morgan fingerprint density at radius 2 is 0.887 bits per heavy atom. The Balaban J connectivity index is 0.994. The van der Waals surface area contributed by atoms with Gasteiger partial charge in [0.25, 0.3) is 0 Å². The number of hydrogen-bond donors (Lipinski definition) is 0. The molecule has 11 rings (SSSR count). The maximum atomic E-state index is 5.56. The largest absolute Gasteiger partial charge is 0.497 e. The fourth-order valence-corrected chi connectivity index (χ4v) is 12.4. The second-order valence-corrected chi connectivity index (χ2v) is 19.2. The molecule has 8 aromatic rings. The molecule has 0 aliphatic carbocycles. The van der Waals surface area contributed by atoms with Crippen molar-refractivity contribution in [3.8, 4) is 11.5 Å². The molecule has 308 valence electrons. The lowest BCUT2D eigenvalue weighted by Gasteiger charge is -2.43. The molecule has 6 aromatic carbocycles. The van der Waals surface area contributed by atoms with E-state index in [0.717, 1.165) is 65.5 Å². The summed E-state index contributed by atoms with van der Waals surface area (Å²) in [5, 5.41) is 1.36. The van der Waals surface area contributed by atoms with Crippen LogP contribution in [-0.2, 0) is 0 Å². The minimum Gasteiger partial charge on any atom is -0.497 e. The Kier molecular flexibility index (Phi) is 10.4. The Hall–Kier alpha value is -6.06. The fraction of sp³-hybridized carbons (Fsp3) is 0.167. The number of methoxy groups -OCH3 is 2. The van der Waals surface area contributed by atoms with Crippen LogP contribution in [0, 0.1) is 0 Å². The van der Waals surface area contributed by atoms with Crippen molar-refractivity contribution >= 4 is 100 Å². The number of thiazole rings is 2. The Morgan fingerprint density at radius 1 is 0.500 bits per heavy atom. The summed E-state index contributed by atoms with van der Waals surface area (Å²) >= 11 is 6.94. The van der Waals surface area contributed by atoms with Gasteiger partial charge in [-0.25, -0.2) is 9.97 Å². The second kappa shape index (κ2) is 16.7. The van der Waals surface area contributed by atoms with Crippen LogP contribution in [0.3, 0.4) is 0 Å². The average molecular weight is 889 g/mol. The minimum atomic E-state index is -0.0518. The molecule has 2 aromatic heterocycles. The van der Waals surface area contributed by atoms with Crippen molar-refractivity contribution in [3.05, 3.63) is 157 Å². The van der Waals surface area contributed by atoms with Crippen LogP contribution in [0.15, 0.2) is 165 Å². The fourth-order valence-electron chi connectivity index (χ4n) is 8.15. The number of anilines is 2. The van der Waals surface area contributed by atoms with Crippen LogP contribution in [0.2, 0.25) is 0 Å². The SMILES string of the molecule is COc1ccc(C2Sc3ccccc3N2/C(=N\c2nc3ccccc3s2)N2CCN(/C(=N\c3nc4ccccc4s3)N3c4ccccc4SC3c3ccc(OC)cc3)CC2)cc1. The van der Waals surface area contributed by atoms with E-state index in [2.05, 4.69) is 129 Å². The number of rotatable bonds is 6. The van der Waals surface area contributed by atoms with Crippen LogP contribution in [0.4, 0.5) is 21.6 Å². The molecule has 14 heteroatoms. The zero-order valence-electron chi connectivity index (χ0n) is 33.9. The van der Waals surface area contributed by atoms with Gasteiger partial charge in [-0.3, -0.25) is 9.80 Å². The van der Waals surface area contributed by atoms with Gasteiger partial charge in [0.1, 0.15) is 22.2 Å². The summed E-state index contributed by atoms with van der Waals surface area (Å²) in [6.45, 7) is 2.82. The highest BCUT2D eigenvalue weighted by molar-refractivity contribution is 8.00. The number of para-hydroxylation sites is 4. The number of hydrogen-bond acceptors (Lipinski definition) is 10. The molecule has 0 saturated carbocycles. The lowest BCUT2D eigenvalue weighted by Crippen LogP contribution is -2.57. The second-order valence-electron chi connectivity index (χ2n) is 14.9. The maximum Gasteiger partial charge on any atom is 0.213 e. The lowest BCUT2D eigenvalue weighted by atomic mass is 10.1. The van der Waals surface area contributed by atoms with Crippen molar-refractivity contribution in [2.24, 2.45) is 9.98 Å². The van der Waals surface area contributed by atoms with E-state index in [1.807, 2.05) is 59.9 Å². The number of aliphatic imine (C=N–C) groups is 2. The lowest BCUT2D eigenvalue weighted by molar-refractivity contribution is 0.253. The van der Waals surface area contributed by atoms with Crippen LogP contribution in [-0.4, -0.2) is 72.1 Å². The summed E-state index contributed by atoms with van der Waals surface area (Å²) < 4.78 is 13.4. The monoisotopic (exact) mass is 888 g/mol. The van der Waals surface area contributed by atoms with E-state index in [9.17, 15) is 0 Å². The van der Waals surface area contributed by atoms with Crippen LogP contribution in [0.25, 0.3) is 20.4 Å². The van der Waals surface area contributed by atoms with Crippen molar-refractivity contribution in [3.63, 3.8) is 0 Å². The molecule has 1 saturated heterocycles. The van der Waals surface area contributed by atoms with Crippen LogP contribution < -0.4 is 19.3 Å². The average Bonchev–Trinajstić information content (AvgIpc) is 4.12. The number of aromatic nitrogens is 2. The summed E-state index contributed by atoms with van der Waals surface area (Å²) in [4.78, 5) is 33.2. The number of piperazine rings is 1. The number of guanidine groups is 2. The summed E-state index contributed by atoms with van der Waals surface area (Å²) in [7, 11) is 3.42. The molecule has 2 atom stereocenters.